The fourth-order valence-electron chi connectivity index (χ4n) is 1.73. The predicted molar refractivity (Wildman–Crippen MR) is 66.4 cm³/mol. The van der Waals surface area contributed by atoms with Crippen LogP contribution in [0.5, 0.6) is 0 Å². The first-order valence-corrected chi connectivity index (χ1v) is 5.53. The number of nitrogens with zero attached hydrogens (tertiary/aromatic N) is 3. The van der Waals surface area contributed by atoms with Crippen molar-refractivity contribution >= 4 is 5.97 Å². The molecule has 0 unspecified atom stereocenters. The molecule has 0 aliphatic rings. The maximum absolute atomic E-state index is 11.1. The molecule has 1 aromatic heterocycles. The van der Waals surface area contributed by atoms with Crippen molar-refractivity contribution in [2.24, 2.45) is 0 Å². The van der Waals surface area contributed by atoms with Crippen LogP contribution in [0.3, 0.4) is 0 Å². The summed E-state index contributed by atoms with van der Waals surface area (Å²) in [4.78, 5) is 11.1. The lowest BCUT2D eigenvalue weighted by Gasteiger charge is -2.04. The standard InChI is InChI=1S/C13H13N3O2/c1-2-8-16-11(12(13(17)18)14-15-16)9-10-6-4-3-5-7-10/h2-7H,1,8-9H2,(H,17,18). The van der Waals surface area contributed by atoms with Gasteiger partial charge in [-0.3, -0.25) is 0 Å². The second kappa shape index (κ2) is 5.27. The average molecular weight is 243 g/mol. The Hall–Kier alpha value is -2.43. The number of benzene rings is 1. The van der Waals surface area contributed by atoms with Crippen LogP contribution >= 0.6 is 0 Å². The number of carboxylic acids is 1. The molecule has 5 nitrogen and oxygen atoms in total. The summed E-state index contributed by atoms with van der Waals surface area (Å²) in [6.07, 6.45) is 2.15. The van der Waals surface area contributed by atoms with E-state index in [1.54, 1.807) is 10.8 Å². The summed E-state index contributed by atoms with van der Waals surface area (Å²) in [5.74, 6) is -1.06. The van der Waals surface area contributed by atoms with Gasteiger partial charge in [0.05, 0.1) is 12.2 Å². The molecule has 2 aromatic rings. The molecule has 0 saturated heterocycles. The summed E-state index contributed by atoms with van der Waals surface area (Å²) < 4.78 is 1.56. The molecule has 0 amide bonds. The molecule has 0 aliphatic carbocycles. The highest BCUT2D eigenvalue weighted by molar-refractivity contribution is 5.86. The molecule has 1 heterocycles. The van der Waals surface area contributed by atoms with Gasteiger partial charge in [-0.1, -0.05) is 41.6 Å². The molecule has 0 bridgehead atoms. The number of aromatic carboxylic acids is 1. The van der Waals surface area contributed by atoms with Crippen molar-refractivity contribution in [1.82, 2.24) is 15.0 Å². The average Bonchev–Trinajstić information content (AvgIpc) is 2.74. The van der Waals surface area contributed by atoms with E-state index in [9.17, 15) is 4.79 Å². The van der Waals surface area contributed by atoms with Crippen LogP contribution in [0.2, 0.25) is 0 Å². The highest BCUT2D eigenvalue weighted by Crippen LogP contribution is 2.12. The first-order valence-electron chi connectivity index (χ1n) is 5.53. The van der Waals surface area contributed by atoms with Gasteiger partial charge in [0.15, 0.2) is 5.69 Å². The van der Waals surface area contributed by atoms with Crippen molar-refractivity contribution in [3.05, 3.63) is 59.9 Å². The van der Waals surface area contributed by atoms with E-state index in [1.807, 2.05) is 30.3 Å². The van der Waals surface area contributed by atoms with Gasteiger partial charge in [-0.05, 0) is 5.56 Å². The lowest BCUT2D eigenvalue weighted by molar-refractivity contribution is 0.0689. The van der Waals surface area contributed by atoms with Gasteiger partial charge < -0.3 is 5.11 Å². The van der Waals surface area contributed by atoms with Crippen molar-refractivity contribution in [1.29, 1.82) is 0 Å². The Morgan fingerprint density at radius 2 is 2.11 bits per heavy atom. The summed E-state index contributed by atoms with van der Waals surface area (Å²) in [6, 6.07) is 9.63. The molecule has 1 N–H and O–H groups in total. The molecule has 0 fully saturated rings. The first-order chi connectivity index (χ1) is 8.72. The maximum Gasteiger partial charge on any atom is 0.358 e. The summed E-state index contributed by atoms with van der Waals surface area (Å²) in [7, 11) is 0. The first kappa shape index (κ1) is 12.0. The van der Waals surface area contributed by atoms with Gasteiger partial charge in [0, 0.05) is 6.42 Å². The van der Waals surface area contributed by atoms with Crippen LogP contribution in [0.1, 0.15) is 21.7 Å². The van der Waals surface area contributed by atoms with Gasteiger partial charge in [0.2, 0.25) is 0 Å². The molecule has 2 rings (SSSR count). The number of hydrogen-bond donors (Lipinski definition) is 1. The molecule has 0 radical (unpaired) electrons. The lowest BCUT2D eigenvalue weighted by atomic mass is 10.1. The van der Waals surface area contributed by atoms with Crippen molar-refractivity contribution in [2.45, 2.75) is 13.0 Å². The number of allylic oxidation sites excluding steroid dienone is 1. The van der Waals surface area contributed by atoms with Crippen LogP contribution in [0.4, 0.5) is 0 Å². The summed E-state index contributed by atoms with van der Waals surface area (Å²) >= 11 is 0. The van der Waals surface area contributed by atoms with Gasteiger partial charge >= 0.3 is 5.97 Å². The van der Waals surface area contributed by atoms with Gasteiger partial charge in [-0.2, -0.15) is 0 Å². The van der Waals surface area contributed by atoms with E-state index in [1.165, 1.54) is 0 Å². The molecule has 0 atom stereocenters. The Balaban J connectivity index is 2.37. The van der Waals surface area contributed by atoms with Crippen LogP contribution < -0.4 is 0 Å². The van der Waals surface area contributed by atoms with Gasteiger partial charge in [0.25, 0.3) is 0 Å². The Kier molecular flexibility index (Phi) is 3.52. The van der Waals surface area contributed by atoms with Crippen LogP contribution in [0.15, 0.2) is 43.0 Å². The Morgan fingerprint density at radius 3 is 2.72 bits per heavy atom. The predicted octanol–water partition coefficient (Wildman–Crippen LogP) is 1.75. The molecule has 92 valence electrons. The lowest BCUT2D eigenvalue weighted by Crippen LogP contribution is -2.08. The zero-order valence-corrected chi connectivity index (χ0v) is 9.78. The third-order valence-corrected chi connectivity index (χ3v) is 2.56. The van der Waals surface area contributed by atoms with E-state index in [0.717, 1.165) is 5.56 Å². The monoisotopic (exact) mass is 243 g/mol. The topological polar surface area (TPSA) is 68.0 Å². The van der Waals surface area contributed by atoms with Crippen molar-refractivity contribution in [3.63, 3.8) is 0 Å². The minimum absolute atomic E-state index is 0.000651. The number of carboxylic acid groups (broad SMARTS) is 1. The number of carbonyl (C=O) groups is 1. The van der Waals surface area contributed by atoms with E-state index >= 15 is 0 Å². The second-order valence-electron chi connectivity index (χ2n) is 3.82. The molecule has 0 spiro atoms. The molecular formula is C13H13N3O2. The van der Waals surface area contributed by atoms with E-state index in [-0.39, 0.29) is 5.69 Å². The molecular weight excluding hydrogens is 230 g/mol. The van der Waals surface area contributed by atoms with E-state index in [0.29, 0.717) is 18.7 Å². The molecule has 0 saturated carbocycles. The molecule has 0 aliphatic heterocycles. The number of hydrogen-bond acceptors (Lipinski definition) is 3. The molecule has 5 heteroatoms. The van der Waals surface area contributed by atoms with Gasteiger partial charge in [-0.15, -0.1) is 11.7 Å². The maximum atomic E-state index is 11.1. The van der Waals surface area contributed by atoms with Crippen LogP contribution in [-0.2, 0) is 13.0 Å². The largest absolute Gasteiger partial charge is 0.476 e. The van der Waals surface area contributed by atoms with E-state index < -0.39 is 5.97 Å². The zero-order valence-electron chi connectivity index (χ0n) is 9.78. The summed E-state index contributed by atoms with van der Waals surface area (Å²) in [5.41, 5.74) is 1.61. The summed E-state index contributed by atoms with van der Waals surface area (Å²) in [5, 5.41) is 16.6. The van der Waals surface area contributed by atoms with Gasteiger partial charge in [0.1, 0.15) is 0 Å². The quantitative estimate of drug-likeness (QED) is 0.812. The second-order valence-corrected chi connectivity index (χ2v) is 3.82. The molecule has 18 heavy (non-hydrogen) atoms. The fraction of sp³-hybridized carbons (Fsp3) is 0.154. The minimum Gasteiger partial charge on any atom is -0.476 e. The van der Waals surface area contributed by atoms with Gasteiger partial charge in [-0.25, -0.2) is 9.48 Å². The summed E-state index contributed by atoms with van der Waals surface area (Å²) in [6.45, 7) is 4.07. The van der Waals surface area contributed by atoms with Crippen LogP contribution in [0, 0.1) is 0 Å². The van der Waals surface area contributed by atoms with Crippen molar-refractivity contribution in [2.75, 3.05) is 0 Å². The van der Waals surface area contributed by atoms with E-state index in [2.05, 4.69) is 16.9 Å². The van der Waals surface area contributed by atoms with Crippen molar-refractivity contribution in [3.8, 4) is 0 Å². The highest BCUT2D eigenvalue weighted by atomic mass is 16.4. The van der Waals surface area contributed by atoms with Crippen LogP contribution in [0.25, 0.3) is 0 Å². The van der Waals surface area contributed by atoms with E-state index in [4.69, 9.17) is 5.11 Å². The highest BCUT2D eigenvalue weighted by Gasteiger charge is 2.18. The van der Waals surface area contributed by atoms with Crippen LogP contribution in [-0.4, -0.2) is 26.1 Å². The Labute approximate surface area is 104 Å². The Morgan fingerprint density at radius 1 is 1.39 bits per heavy atom. The number of aromatic nitrogens is 3. The number of rotatable bonds is 5. The van der Waals surface area contributed by atoms with Crippen molar-refractivity contribution < 1.29 is 9.90 Å². The minimum atomic E-state index is -1.06. The fourth-order valence-corrected chi connectivity index (χ4v) is 1.73. The normalized spacial score (nSPS) is 10.2. The third-order valence-electron chi connectivity index (χ3n) is 2.56. The zero-order chi connectivity index (χ0) is 13.0. The smallest absolute Gasteiger partial charge is 0.358 e. The molecule has 1 aromatic carbocycles. The Bertz CT molecular complexity index is 561. The SMILES string of the molecule is C=CCn1nnc(C(=O)O)c1Cc1ccccc1. The third kappa shape index (κ3) is 2.45.